The zero-order valence-corrected chi connectivity index (χ0v) is 10.1. The maximum Gasteiger partial charge on any atom is 0.405 e. The normalized spacial score (nSPS) is 28.2. The van der Waals surface area contributed by atoms with Crippen LogP contribution in [0.3, 0.4) is 0 Å². The Hall–Kier alpha value is -1.07. The van der Waals surface area contributed by atoms with Gasteiger partial charge in [-0.3, -0.25) is 0 Å². The average molecular weight is 286 g/mol. The number of amides is 1. The number of nitrogens with one attached hydrogen (secondary N) is 1. The van der Waals surface area contributed by atoms with E-state index in [1.165, 1.54) is 0 Å². The van der Waals surface area contributed by atoms with Crippen LogP contribution in [0.4, 0.5) is 4.79 Å². The van der Waals surface area contributed by atoms with Crippen LogP contribution in [0.5, 0.6) is 0 Å². The first kappa shape index (κ1) is 11.4. The molecule has 0 atom stereocenters. The second-order valence-corrected chi connectivity index (χ2v) is 5.00. The van der Waals surface area contributed by atoms with Gasteiger partial charge in [0, 0.05) is 17.3 Å². The Labute approximate surface area is 101 Å². The standard InChI is InChI=1S/C11H12BrNO3/c12-8-3-1-7(2-4-8)11(13-10(15)16)5-9(14)6-11/h1-4,9,13-14H,5-6H2,(H,15,16)/t9-,11-. The molecule has 1 aliphatic rings. The van der Waals surface area contributed by atoms with Gasteiger partial charge in [-0.2, -0.15) is 0 Å². The van der Waals surface area contributed by atoms with E-state index in [9.17, 15) is 9.90 Å². The van der Waals surface area contributed by atoms with Crippen LogP contribution in [-0.4, -0.2) is 22.4 Å². The fourth-order valence-electron chi connectivity index (χ4n) is 2.13. The van der Waals surface area contributed by atoms with Crippen LogP contribution in [0.15, 0.2) is 28.7 Å². The summed E-state index contributed by atoms with van der Waals surface area (Å²) < 4.78 is 0.946. The molecule has 0 saturated heterocycles. The lowest BCUT2D eigenvalue weighted by atomic mass is 9.70. The predicted molar refractivity (Wildman–Crippen MR) is 62.2 cm³/mol. The Morgan fingerprint density at radius 3 is 2.38 bits per heavy atom. The summed E-state index contributed by atoms with van der Waals surface area (Å²) in [6, 6.07) is 7.47. The first-order chi connectivity index (χ1) is 7.52. The molecule has 5 heteroatoms. The van der Waals surface area contributed by atoms with Crippen molar-refractivity contribution in [3.05, 3.63) is 34.3 Å². The molecule has 1 fully saturated rings. The van der Waals surface area contributed by atoms with Gasteiger partial charge in [0.2, 0.25) is 0 Å². The van der Waals surface area contributed by atoms with E-state index in [0.29, 0.717) is 12.8 Å². The Morgan fingerprint density at radius 2 is 1.94 bits per heavy atom. The van der Waals surface area contributed by atoms with Crippen LogP contribution in [-0.2, 0) is 5.54 Å². The average Bonchev–Trinajstić information content (AvgIpc) is 2.15. The summed E-state index contributed by atoms with van der Waals surface area (Å²) in [5.41, 5.74) is 0.273. The molecule has 1 saturated carbocycles. The molecule has 0 unspecified atom stereocenters. The summed E-state index contributed by atoms with van der Waals surface area (Å²) in [6.07, 6.45) is -0.618. The number of hydrogen-bond acceptors (Lipinski definition) is 2. The molecule has 16 heavy (non-hydrogen) atoms. The van der Waals surface area contributed by atoms with E-state index in [-0.39, 0.29) is 0 Å². The highest BCUT2D eigenvalue weighted by Crippen LogP contribution is 2.41. The molecule has 1 aromatic carbocycles. The molecule has 1 aromatic rings. The molecule has 0 bridgehead atoms. The van der Waals surface area contributed by atoms with Gasteiger partial charge in [-0.05, 0) is 17.7 Å². The highest BCUT2D eigenvalue weighted by atomic mass is 79.9. The van der Waals surface area contributed by atoms with Crippen LogP contribution < -0.4 is 5.32 Å². The number of hydrogen-bond donors (Lipinski definition) is 3. The lowest BCUT2D eigenvalue weighted by Gasteiger charge is -2.45. The molecule has 1 amide bonds. The molecule has 3 N–H and O–H groups in total. The molecular formula is C11H12BrNO3. The molecule has 0 aliphatic heterocycles. The summed E-state index contributed by atoms with van der Waals surface area (Å²) in [4.78, 5) is 10.8. The largest absolute Gasteiger partial charge is 0.465 e. The van der Waals surface area contributed by atoms with Crippen molar-refractivity contribution >= 4 is 22.0 Å². The van der Waals surface area contributed by atoms with Gasteiger partial charge in [-0.25, -0.2) is 4.79 Å². The molecule has 2 rings (SSSR count). The monoisotopic (exact) mass is 285 g/mol. The van der Waals surface area contributed by atoms with Crippen molar-refractivity contribution < 1.29 is 15.0 Å². The van der Waals surface area contributed by atoms with Gasteiger partial charge in [-0.1, -0.05) is 28.1 Å². The van der Waals surface area contributed by atoms with E-state index in [4.69, 9.17) is 5.11 Å². The number of halogens is 1. The zero-order chi connectivity index (χ0) is 11.8. The van der Waals surface area contributed by atoms with Crippen LogP contribution in [0, 0.1) is 0 Å². The Balaban J connectivity index is 2.26. The first-order valence-electron chi connectivity index (χ1n) is 4.97. The fourth-order valence-corrected chi connectivity index (χ4v) is 2.39. The molecule has 1 aliphatic carbocycles. The minimum absolute atomic E-state index is 0.421. The van der Waals surface area contributed by atoms with E-state index < -0.39 is 17.7 Å². The third-order valence-corrected chi connectivity index (χ3v) is 3.44. The van der Waals surface area contributed by atoms with E-state index in [2.05, 4.69) is 21.2 Å². The second-order valence-electron chi connectivity index (χ2n) is 4.08. The number of aliphatic hydroxyl groups excluding tert-OH is 1. The highest BCUT2D eigenvalue weighted by Gasteiger charge is 2.46. The summed E-state index contributed by atoms with van der Waals surface area (Å²) in [5.74, 6) is 0. The number of rotatable bonds is 2. The number of benzene rings is 1. The van der Waals surface area contributed by atoms with Crippen molar-refractivity contribution in [1.29, 1.82) is 0 Å². The first-order valence-corrected chi connectivity index (χ1v) is 5.76. The van der Waals surface area contributed by atoms with Crippen molar-refractivity contribution in [2.75, 3.05) is 0 Å². The maximum atomic E-state index is 10.8. The predicted octanol–water partition coefficient (Wildman–Crippen LogP) is 2.07. The summed E-state index contributed by atoms with van der Waals surface area (Å²) in [7, 11) is 0. The fraction of sp³-hybridized carbons (Fsp3) is 0.364. The SMILES string of the molecule is O=C(O)N[C@]1(c2ccc(Br)cc2)C[C@@H](O)C1. The van der Waals surface area contributed by atoms with Crippen molar-refractivity contribution in [2.45, 2.75) is 24.5 Å². The van der Waals surface area contributed by atoms with Crippen molar-refractivity contribution in [3.8, 4) is 0 Å². The van der Waals surface area contributed by atoms with Crippen LogP contribution in [0.2, 0.25) is 0 Å². The van der Waals surface area contributed by atoms with Gasteiger partial charge in [0.15, 0.2) is 0 Å². The Kier molecular flexibility index (Phi) is 2.90. The summed E-state index contributed by atoms with van der Waals surface area (Å²) in [6.45, 7) is 0. The van der Waals surface area contributed by atoms with E-state index >= 15 is 0 Å². The number of carbonyl (C=O) groups is 1. The van der Waals surface area contributed by atoms with E-state index in [1.807, 2.05) is 24.3 Å². The summed E-state index contributed by atoms with van der Waals surface area (Å²) >= 11 is 3.33. The van der Waals surface area contributed by atoms with Crippen molar-refractivity contribution in [2.24, 2.45) is 0 Å². The number of carboxylic acid groups (broad SMARTS) is 1. The molecule has 0 radical (unpaired) electrons. The van der Waals surface area contributed by atoms with Crippen LogP contribution >= 0.6 is 15.9 Å². The number of aliphatic hydroxyl groups is 1. The molecule has 0 spiro atoms. The van der Waals surface area contributed by atoms with Gasteiger partial charge >= 0.3 is 6.09 Å². The molecular weight excluding hydrogens is 274 g/mol. The summed E-state index contributed by atoms with van der Waals surface area (Å²) in [5, 5.41) is 20.7. The minimum atomic E-state index is -1.06. The zero-order valence-electron chi connectivity index (χ0n) is 8.48. The highest BCUT2D eigenvalue weighted by molar-refractivity contribution is 9.10. The third-order valence-electron chi connectivity index (χ3n) is 2.91. The van der Waals surface area contributed by atoms with Crippen molar-refractivity contribution in [3.63, 3.8) is 0 Å². The molecule has 0 heterocycles. The van der Waals surface area contributed by atoms with Gasteiger partial charge in [-0.15, -0.1) is 0 Å². The lowest BCUT2D eigenvalue weighted by molar-refractivity contribution is 0.00171. The molecule has 4 nitrogen and oxygen atoms in total. The molecule has 86 valence electrons. The maximum absolute atomic E-state index is 10.8. The van der Waals surface area contributed by atoms with Gasteiger partial charge in [0.1, 0.15) is 0 Å². The lowest BCUT2D eigenvalue weighted by Crippen LogP contribution is -2.56. The third kappa shape index (κ3) is 2.05. The Morgan fingerprint density at radius 1 is 1.38 bits per heavy atom. The Bertz CT molecular complexity index is 398. The smallest absolute Gasteiger partial charge is 0.405 e. The topological polar surface area (TPSA) is 69.6 Å². The van der Waals surface area contributed by atoms with Crippen LogP contribution in [0.1, 0.15) is 18.4 Å². The van der Waals surface area contributed by atoms with E-state index in [1.54, 1.807) is 0 Å². The van der Waals surface area contributed by atoms with Gasteiger partial charge in [0.25, 0.3) is 0 Å². The van der Waals surface area contributed by atoms with E-state index in [0.717, 1.165) is 10.0 Å². The van der Waals surface area contributed by atoms with Crippen LogP contribution in [0.25, 0.3) is 0 Å². The second kappa shape index (κ2) is 4.07. The quantitative estimate of drug-likeness (QED) is 0.779. The van der Waals surface area contributed by atoms with Gasteiger partial charge < -0.3 is 15.5 Å². The molecule has 0 aromatic heterocycles. The van der Waals surface area contributed by atoms with Gasteiger partial charge in [0.05, 0.1) is 11.6 Å². The van der Waals surface area contributed by atoms with Crippen molar-refractivity contribution in [1.82, 2.24) is 5.32 Å². The minimum Gasteiger partial charge on any atom is -0.465 e.